The van der Waals surface area contributed by atoms with Crippen LogP contribution in [0.5, 0.6) is 0 Å². The maximum atomic E-state index is 12.4. The maximum Gasteiger partial charge on any atom is 0.225 e. The molecule has 0 unspecified atom stereocenters. The molecule has 1 aromatic carbocycles. The van der Waals surface area contributed by atoms with E-state index in [1.165, 1.54) is 0 Å². The molecule has 1 amide bonds. The summed E-state index contributed by atoms with van der Waals surface area (Å²) in [6, 6.07) is 5.56. The van der Waals surface area contributed by atoms with Crippen molar-refractivity contribution < 1.29 is 14.6 Å². The number of aliphatic hydroxyl groups excluding tert-OH is 1. The van der Waals surface area contributed by atoms with Crippen molar-refractivity contribution in [3.63, 3.8) is 0 Å². The Bertz CT molecular complexity index is 677. The summed E-state index contributed by atoms with van der Waals surface area (Å²) in [6.07, 6.45) is 3.35. The Hall–Kier alpha value is -1.56. The van der Waals surface area contributed by atoms with Crippen LogP contribution in [0.15, 0.2) is 24.4 Å². The van der Waals surface area contributed by atoms with Gasteiger partial charge in [-0.2, -0.15) is 0 Å². The van der Waals surface area contributed by atoms with Crippen LogP contribution >= 0.6 is 11.6 Å². The topological polar surface area (TPSA) is 74.4 Å². The quantitative estimate of drug-likeness (QED) is 0.806. The van der Waals surface area contributed by atoms with Crippen LogP contribution < -0.4 is 5.32 Å². The first-order chi connectivity index (χ1) is 10.6. The lowest BCUT2D eigenvalue weighted by Crippen LogP contribution is -2.55. The number of amides is 1. The highest BCUT2D eigenvalue weighted by Crippen LogP contribution is 2.24. The van der Waals surface area contributed by atoms with Crippen molar-refractivity contribution in [1.29, 1.82) is 0 Å². The second-order valence-corrected chi connectivity index (χ2v) is 6.22. The summed E-state index contributed by atoms with van der Waals surface area (Å²) in [5, 5.41) is 14.2. The predicted molar refractivity (Wildman–Crippen MR) is 85.0 cm³/mol. The zero-order chi connectivity index (χ0) is 15.6. The number of aliphatic hydroxyl groups is 1. The number of hydrogen-bond donors (Lipinski definition) is 3. The largest absolute Gasteiger partial charge is 0.394 e. The van der Waals surface area contributed by atoms with Gasteiger partial charge < -0.3 is 20.1 Å². The fourth-order valence-electron chi connectivity index (χ4n) is 2.89. The molecule has 6 heteroatoms. The zero-order valence-electron chi connectivity index (χ0n) is 12.2. The minimum absolute atomic E-state index is 0.0676. The van der Waals surface area contributed by atoms with Crippen molar-refractivity contribution >= 4 is 28.4 Å². The molecule has 0 radical (unpaired) electrons. The minimum atomic E-state index is -0.556. The van der Waals surface area contributed by atoms with Crippen LogP contribution in [0.4, 0.5) is 0 Å². The first-order valence-electron chi connectivity index (χ1n) is 7.37. The lowest BCUT2D eigenvalue weighted by Gasteiger charge is -2.36. The molecular formula is C16H19ClN2O3. The van der Waals surface area contributed by atoms with E-state index in [2.05, 4.69) is 10.3 Å². The lowest BCUT2D eigenvalue weighted by atomic mass is 9.90. The van der Waals surface area contributed by atoms with E-state index in [-0.39, 0.29) is 18.9 Å². The molecule has 3 rings (SSSR count). The molecule has 3 N–H and O–H groups in total. The van der Waals surface area contributed by atoms with Gasteiger partial charge in [0.1, 0.15) is 0 Å². The van der Waals surface area contributed by atoms with E-state index in [9.17, 15) is 9.90 Å². The highest BCUT2D eigenvalue weighted by Gasteiger charge is 2.33. The summed E-state index contributed by atoms with van der Waals surface area (Å²) in [5.41, 5.74) is 1.30. The Balaban J connectivity index is 1.74. The van der Waals surface area contributed by atoms with E-state index in [0.29, 0.717) is 31.1 Å². The number of rotatable bonds is 4. The van der Waals surface area contributed by atoms with Crippen LogP contribution in [-0.4, -0.2) is 41.4 Å². The molecule has 0 aliphatic carbocycles. The average molecular weight is 323 g/mol. The maximum absolute atomic E-state index is 12.4. The Morgan fingerprint density at radius 1 is 1.41 bits per heavy atom. The summed E-state index contributed by atoms with van der Waals surface area (Å²) in [6.45, 7) is 1.05. The molecule has 0 atom stereocenters. The van der Waals surface area contributed by atoms with Gasteiger partial charge in [0.05, 0.1) is 18.6 Å². The molecule has 2 aromatic rings. The molecule has 118 valence electrons. The highest BCUT2D eigenvalue weighted by molar-refractivity contribution is 6.31. The van der Waals surface area contributed by atoms with Crippen LogP contribution in [-0.2, 0) is 16.0 Å². The monoisotopic (exact) mass is 322 g/mol. The number of benzene rings is 1. The Morgan fingerprint density at radius 3 is 2.91 bits per heavy atom. The molecule has 1 aliphatic heterocycles. The summed E-state index contributed by atoms with van der Waals surface area (Å²) in [4.78, 5) is 15.5. The van der Waals surface area contributed by atoms with Gasteiger partial charge in [0.15, 0.2) is 0 Å². The van der Waals surface area contributed by atoms with Gasteiger partial charge in [0.25, 0.3) is 0 Å². The fraction of sp³-hybridized carbons (Fsp3) is 0.438. The van der Waals surface area contributed by atoms with Crippen molar-refractivity contribution in [2.24, 2.45) is 0 Å². The second-order valence-electron chi connectivity index (χ2n) is 5.78. The number of fused-ring (bicyclic) bond motifs is 1. The van der Waals surface area contributed by atoms with Gasteiger partial charge in [0, 0.05) is 35.3 Å². The number of carbonyl (C=O) groups is 1. The third-order valence-electron chi connectivity index (χ3n) is 4.24. The van der Waals surface area contributed by atoms with E-state index in [1.807, 2.05) is 24.4 Å². The van der Waals surface area contributed by atoms with Crippen molar-refractivity contribution in [1.82, 2.24) is 10.3 Å². The van der Waals surface area contributed by atoms with Crippen molar-refractivity contribution in [2.75, 3.05) is 19.8 Å². The zero-order valence-corrected chi connectivity index (χ0v) is 12.9. The van der Waals surface area contributed by atoms with Gasteiger partial charge in [-0.25, -0.2) is 0 Å². The highest BCUT2D eigenvalue weighted by atomic mass is 35.5. The summed E-state index contributed by atoms with van der Waals surface area (Å²) in [7, 11) is 0. The normalized spacial score (nSPS) is 17.5. The Kier molecular flexibility index (Phi) is 4.38. The van der Waals surface area contributed by atoms with E-state index in [1.54, 1.807) is 0 Å². The molecule has 22 heavy (non-hydrogen) atoms. The van der Waals surface area contributed by atoms with Gasteiger partial charge in [-0.1, -0.05) is 11.6 Å². The molecule has 0 bridgehead atoms. The minimum Gasteiger partial charge on any atom is -0.394 e. The molecular weight excluding hydrogens is 304 g/mol. The van der Waals surface area contributed by atoms with Gasteiger partial charge in [-0.05, 0) is 36.6 Å². The average Bonchev–Trinajstić information content (AvgIpc) is 2.90. The number of ether oxygens (including phenoxy) is 1. The van der Waals surface area contributed by atoms with E-state index in [0.717, 1.165) is 16.5 Å². The second kappa shape index (κ2) is 6.28. The number of aromatic nitrogens is 1. The number of carbonyl (C=O) groups excluding carboxylic acids is 1. The number of hydrogen-bond acceptors (Lipinski definition) is 3. The van der Waals surface area contributed by atoms with Crippen LogP contribution in [0, 0.1) is 0 Å². The van der Waals surface area contributed by atoms with Gasteiger partial charge in [-0.3, -0.25) is 4.79 Å². The molecule has 0 saturated carbocycles. The van der Waals surface area contributed by atoms with Gasteiger partial charge in [-0.15, -0.1) is 0 Å². The predicted octanol–water partition coefficient (Wildman–Crippen LogP) is 2.02. The third kappa shape index (κ3) is 3.11. The number of H-pyrrole nitrogens is 1. The SMILES string of the molecule is O=C(Cc1c[nH]c2ccc(Cl)cc12)NC1(CO)CCOCC1. The van der Waals surface area contributed by atoms with Crippen LogP contribution in [0.2, 0.25) is 5.02 Å². The number of halogens is 1. The summed E-state index contributed by atoms with van der Waals surface area (Å²) in [5.74, 6) is -0.100. The summed E-state index contributed by atoms with van der Waals surface area (Å²) >= 11 is 6.02. The first-order valence-corrected chi connectivity index (χ1v) is 7.75. The van der Waals surface area contributed by atoms with Gasteiger partial charge in [0.2, 0.25) is 5.91 Å². The van der Waals surface area contributed by atoms with Crippen molar-refractivity contribution in [3.8, 4) is 0 Å². The smallest absolute Gasteiger partial charge is 0.225 e. The first kappa shape index (κ1) is 15.3. The lowest BCUT2D eigenvalue weighted by molar-refractivity contribution is -0.124. The molecule has 1 aliphatic rings. The number of aromatic amines is 1. The molecule has 1 saturated heterocycles. The Labute approximate surface area is 133 Å². The van der Waals surface area contributed by atoms with Crippen LogP contribution in [0.3, 0.4) is 0 Å². The molecule has 1 fully saturated rings. The summed E-state index contributed by atoms with van der Waals surface area (Å²) < 4.78 is 5.30. The van der Waals surface area contributed by atoms with E-state index < -0.39 is 5.54 Å². The van der Waals surface area contributed by atoms with Crippen molar-refractivity contribution in [2.45, 2.75) is 24.8 Å². The molecule has 0 spiro atoms. The fourth-order valence-corrected chi connectivity index (χ4v) is 3.07. The third-order valence-corrected chi connectivity index (χ3v) is 4.47. The van der Waals surface area contributed by atoms with Crippen molar-refractivity contribution in [3.05, 3.63) is 35.0 Å². The van der Waals surface area contributed by atoms with E-state index in [4.69, 9.17) is 16.3 Å². The Morgan fingerprint density at radius 2 is 2.18 bits per heavy atom. The molecule has 1 aromatic heterocycles. The van der Waals surface area contributed by atoms with Crippen LogP contribution in [0.25, 0.3) is 10.9 Å². The van der Waals surface area contributed by atoms with Gasteiger partial charge >= 0.3 is 0 Å². The van der Waals surface area contributed by atoms with E-state index >= 15 is 0 Å². The molecule has 5 nitrogen and oxygen atoms in total. The molecule has 2 heterocycles. The van der Waals surface area contributed by atoms with Crippen LogP contribution in [0.1, 0.15) is 18.4 Å². The standard InChI is InChI=1S/C16H19ClN2O3/c17-12-1-2-14-13(8-12)11(9-18-14)7-15(21)19-16(10-20)3-5-22-6-4-16/h1-2,8-9,18,20H,3-7,10H2,(H,19,21). The number of nitrogens with one attached hydrogen (secondary N) is 2.